The van der Waals surface area contributed by atoms with Crippen molar-refractivity contribution >= 4 is 28.6 Å². The lowest BCUT2D eigenvalue weighted by molar-refractivity contribution is -0.146. The molecule has 0 radical (unpaired) electrons. The van der Waals surface area contributed by atoms with Gasteiger partial charge in [0.2, 0.25) is 0 Å². The number of carboxylic acids is 1. The molecule has 2 aliphatic rings. The predicted molar refractivity (Wildman–Crippen MR) is 82.2 cm³/mol. The Morgan fingerprint density at radius 1 is 1.32 bits per heavy atom. The molecule has 19 heavy (non-hydrogen) atoms. The fraction of sp³-hybridized carbons (Fsp3) is 0.533. The number of hydrogen-bond donors (Lipinski definition) is 1. The fourth-order valence-electron chi connectivity index (χ4n) is 3.86. The van der Waals surface area contributed by atoms with E-state index in [-0.39, 0.29) is 17.9 Å². The molecule has 0 aromatic heterocycles. The normalized spacial score (nSPS) is 34.4. The van der Waals surface area contributed by atoms with Crippen molar-refractivity contribution in [1.29, 1.82) is 0 Å². The predicted octanol–water partition coefficient (Wildman–Crippen LogP) is 2.94. The highest BCUT2D eigenvalue weighted by Crippen LogP contribution is 2.46. The number of aliphatic carboxylic acids is 1. The van der Waals surface area contributed by atoms with E-state index in [1.54, 1.807) is 0 Å². The van der Waals surface area contributed by atoms with Gasteiger partial charge < -0.3 is 5.11 Å². The van der Waals surface area contributed by atoms with Gasteiger partial charge in [0.25, 0.3) is 0 Å². The van der Waals surface area contributed by atoms with Gasteiger partial charge in [0, 0.05) is 21.6 Å². The number of rotatable bonds is 2. The lowest BCUT2D eigenvalue weighted by atomic mass is 9.76. The highest BCUT2D eigenvalue weighted by Gasteiger charge is 2.49. The first-order valence-electron chi connectivity index (χ1n) is 6.78. The van der Waals surface area contributed by atoms with Crippen molar-refractivity contribution in [3.63, 3.8) is 0 Å². The standard InChI is InChI=1S/C15H18INO2/c1-17-11-6-7-13(17)14(15(18)19)12(8-11)9-2-4-10(16)5-3-9/h2-5,11-14H,6-8H2,1H3,(H,18,19). The number of nitrogens with zero attached hydrogens (tertiary/aromatic N) is 1. The quantitative estimate of drug-likeness (QED) is 0.813. The molecule has 0 amide bonds. The Balaban J connectivity index is 1.95. The van der Waals surface area contributed by atoms with Gasteiger partial charge in [-0.15, -0.1) is 0 Å². The third kappa shape index (κ3) is 2.29. The Bertz CT molecular complexity index is 487. The monoisotopic (exact) mass is 371 g/mol. The van der Waals surface area contributed by atoms with Crippen LogP contribution in [0.2, 0.25) is 0 Å². The summed E-state index contributed by atoms with van der Waals surface area (Å²) in [5.74, 6) is -0.729. The van der Waals surface area contributed by atoms with E-state index in [2.05, 4.69) is 58.8 Å². The summed E-state index contributed by atoms with van der Waals surface area (Å²) in [5, 5.41) is 9.63. The van der Waals surface area contributed by atoms with E-state index in [0.29, 0.717) is 6.04 Å². The molecule has 4 heteroatoms. The van der Waals surface area contributed by atoms with E-state index < -0.39 is 5.97 Å². The fourth-order valence-corrected chi connectivity index (χ4v) is 4.22. The average molecular weight is 371 g/mol. The van der Waals surface area contributed by atoms with E-state index in [1.165, 1.54) is 9.13 Å². The first-order valence-corrected chi connectivity index (χ1v) is 7.86. The van der Waals surface area contributed by atoms with Crippen LogP contribution in [0.1, 0.15) is 30.7 Å². The smallest absolute Gasteiger partial charge is 0.308 e. The summed E-state index contributed by atoms with van der Waals surface area (Å²) in [7, 11) is 2.09. The molecular weight excluding hydrogens is 353 g/mol. The third-order valence-corrected chi connectivity index (χ3v) is 5.57. The number of carboxylic acid groups (broad SMARTS) is 1. The molecule has 102 valence electrons. The molecule has 4 atom stereocenters. The number of benzene rings is 1. The van der Waals surface area contributed by atoms with E-state index in [4.69, 9.17) is 0 Å². The number of hydrogen-bond acceptors (Lipinski definition) is 2. The number of halogens is 1. The minimum absolute atomic E-state index is 0.170. The molecule has 2 saturated heterocycles. The van der Waals surface area contributed by atoms with E-state index in [9.17, 15) is 9.90 Å². The summed E-state index contributed by atoms with van der Waals surface area (Å²) in [4.78, 5) is 14.0. The maximum Gasteiger partial charge on any atom is 0.308 e. The van der Waals surface area contributed by atoms with Gasteiger partial charge in [0.05, 0.1) is 5.92 Å². The van der Waals surface area contributed by atoms with Crippen molar-refractivity contribution in [1.82, 2.24) is 4.90 Å². The second-order valence-corrected chi connectivity index (χ2v) is 6.97. The molecule has 0 spiro atoms. The van der Waals surface area contributed by atoms with Crippen molar-refractivity contribution in [3.05, 3.63) is 33.4 Å². The Morgan fingerprint density at radius 2 is 2.00 bits per heavy atom. The van der Waals surface area contributed by atoms with Crippen LogP contribution in [0.5, 0.6) is 0 Å². The van der Waals surface area contributed by atoms with Crippen LogP contribution in [0.3, 0.4) is 0 Å². The Morgan fingerprint density at radius 3 is 2.63 bits per heavy atom. The molecule has 1 aromatic carbocycles. The van der Waals surface area contributed by atoms with Crippen molar-refractivity contribution in [3.8, 4) is 0 Å². The van der Waals surface area contributed by atoms with Crippen LogP contribution in [0.4, 0.5) is 0 Å². The van der Waals surface area contributed by atoms with Gasteiger partial charge in [-0.1, -0.05) is 12.1 Å². The molecule has 2 aliphatic heterocycles. The van der Waals surface area contributed by atoms with Crippen LogP contribution >= 0.6 is 22.6 Å². The van der Waals surface area contributed by atoms with Crippen LogP contribution in [0.15, 0.2) is 24.3 Å². The summed E-state index contributed by atoms with van der Waals surface area (Å²) in [6, 6.07) is 9.13. The molecule has 0 saturated carbocycles. The lowest BCUT2D eigenvalue weighted by Gasteiger charge is -2.41. The Kier molecular flexibility index (Phi) is 3.55. The van der Waals surface area contributed by atoms with Crippen LogP contribution in [0, 0.1) is 9.49 Å². The molecular formula is C15H18INO2. The van der Waals surface area contributed by atoms with Crippen LogP contribution < -0.4 is 0 Å². The minimum Gasteiger partial charge on any atom is -0.481 e. The van der Waals surface area contributed by atoms with E-state index >= 15 is 0 Å². The number of fused-ring (bicyclic) bond motifs is 2. The zero-order valence-electron chi connectivity index (χ0n) is 10.9. The molecule has 1 N–H and O–H groups in total. The molecule has 1 aromatic rings. The van der Waals surface area contributed by atoms with Gasteiger partial charge in [-0.2, -0.15) is 0 Å². The number of piperidine rings is 1. The molecule has 0 aliphatic carbocycles. The van der Waals surface area contributed by atoms with Gasteiger partial charge in [0.15, 0.2) is 0 Å². The lowest BCUT2D eigenvalue weighted by Crippen LogP contribution is -2.48. The van der Waals surface area contributed by atoms with Gasteiger partial charge >= 0.3 is 5.97 Å². The zero-order chi connectivity index (χ0) is 13.6. The maximum atomic E-state index is 11.7. The first kappa shape index (κ1) is 13.4. The van der Waals surface area contributed by atoms with Crippen molar-refractivity contribution in [2.24, 2.45) is 5.92 Å². The highest BCUT2D eigenvalue weighted by molar-refractivity contribution is 14.1. The van der Waals surface area contributed by atoms with Crippen LogP contribution in [-0.2, 0) is 4.79 Å². The summed E-state index contributed by atoms with van der Waals surface area (Å²) in [6.07, 6.45) is 3.15. The largest absolute Gasteiger partial charge is 0.481 e. The molecule has 2 heterocycles. The number of carbonyl (C=O) groups is 1. The molecule has 4 unspecified atom stereocenters. The molecule has 3 nitrogen and oxygen atoms in total. The second kappa shape index (κ2) is 5.05. The van der Waals surface area contributed by atoms with Gasteiger partial charge in [-0.05, 0) is 66.6 Å². The van der Waals surface area contributed by atoms with Crippen LogP contribution in [-0.4, -0.2) is 35.1 Å². The summed E-state index contributed by atoms with van der Waals surface area (Å²) < 4.78 is 1.20. The van der Waals surface area contributed by atoms with E-state index in [0.717, 1.165) is 19.3 Å². The molecule has 3 rings (SSSR count). The van der Waals surface area contributed by atoms with E-state index in [1.807, 2.05) is 0 Å². The summed E-state index contributed by atoms with van der Waals surface area (Å²) in [5.41, 5.74) is 1.19. The van der Waals surface area contributed by atoms with Crippen molar-refractivity contribution < 1.29 is 9.90 Å². The summed E-state index contributed by atoms with van der Waals surface area (Å²) >= 11 is 2.29. The van der Waals surface area contributed by atoms with Gasteiger partial charge in [0.1, 0.15) is 0 Å². The van der Waals surface area contributed by atoms with Crippen molar-refractivity contribution in [2.45, 2.75) is 37.3 Å². The SMILES string of the molecule is CN1C2CCC1C(C(=O)O)C(c1ccc(I)cc1)C2. The average Bonchev–Trinajstić information content (AvgIpc) is 2.63. The van der Waals surface area contributed by atoms with Crippen LogP contribution in [0.25, 0.3) is 0 Å². The Labute approximate surface area is 127 Å². The maximum absolute atomic E-state index is 11.7. The summed E-state index contributed by atoms with van der Waals surface area (Å²) in [6.45, 7) is 0. The first-order chi connectivity index (χ1) is 9.08. The second-order valence-electron chi connectivity index (χ2n) is 5.72. The van der Waals surface area contributed by atoms with Gasteiger partial charge in [-0.3, -0.25) is 9.69 Å². The third-order valence-electron chi connectivity index (χ3n) is 4.85. The topological polar surface area (TPSA) is 40.5 Å². The Hall–Kier alpha value is -0.620. The van der Waals surface area contributed by atoms with Gasteiger partial charge in [-0.25, -0.2) is 0 Å². The van der Waals surface area contributed by atoms with Crippen molar-refractivity contribution in [2.75, 3.05) is 7.05 Å². The zero-order valence-corrected chi connectivity index (χ0v) is 13.1. The molecule has 2 fully saturated rings. The highest BCUT2D eigenvalue weighted by atomic mass is 127. The molecule has 2 bridgehead atoms. The minimum atomic E-state index is -0.638.